The van der Waals surface area contributed by atoms with Gasteiger partial charge in [0.2, 0.25) is 0 Å². The summed E-state index contributed by atoms with van der Waals surface area (Å²) in [5, 5.41) is 14.4. The number of nitro benzene ring substituents is 1. The zero-order valence-corrected chi connectivity index (χ0v) is 17.4. The van der Waals surface area contributed by atoms with Crippen molar-refractivity contribution in [3.05, 3.63) is 86.3 Å². The molecule has 1 N–H and O–H groups in total. The second-order valence-electron chi connectivity index (χ2n) is 7.17. The van der Waals surface area contributed by atoms with E-state index in [4.69, 9.17) is 4.74 Å². The Morgan fingerprint density at radius 1 is 1.03 bits per heavy atom. The predicted octanol–water partition coefficient (Wildman–Crippen LogP) is 4.78. The van der Waals surface area contributed by atoms with Crippen LogP contribution in [0.2, 0.25) is 0 Å². The van der Waals surface area contributed by atoms with E-state index in [1.165, 1.54) is 29.5 Å². The summed E-state index contributed by atoms with van der Waals surface area (Å²) in [6.45, 7) is -0.396. The van der Waals surface area contributed by atoms with Gasteiger partial charge in [0, 0.05) is 16.5 Å². The number of ether oxygens (including phenoxy) is 1. The molecule has 0 atom stereocenters. The molecule has 1 aromatic heterocycles. The van der Waals surface area contributed by atoms with Crippen LogP contribution in [0.3, 0.4) is 0 Å². The van der Waals surface area contributed by atoms with Crippen LogP contribution in [0.25, 0.3) is 0 Å². The maximum Gasteiger partial charge on any atom is 0.310 e. The minimum atomic E-state index is -0.558. The third-order valence-corrected chi connectivity index (χ3v) is 6.32. The second kappa shape index (κ2) is 9.09. The number of fused-ring (bicyclic) bond motifs is 1. The predicted molar refractivity (Wildman–Crippen MR) is 118 cm³/mol. The van der Waals surface area contributed by atoms with Crippen molar-refractivity contribution in [2.75, 3.05) is 11.9 Å². The average Bonchev–Trinajstić information content (AvgIpc) is 3.15. The van der Waals surface area contributed by atoms with Gasteiger partial charge in [-0.1, -0.05) is 42.5 Å². The first kappa shape index (κ1) is 20.7. The van der Waals surface area contributed by atoms with Gasteiger partial charge in [-0.05, 0) is 37.3 Å². The van der Waals surface area contributed by atoms with Crippen LogP contribution in [0.15, 0.2) is 54.6 Å². The van der Waals surface area contributed by atoms with Crippen LogP contribution in [-0.2, 0) is 17.6 Å². The largest absolute Gasteiger partial charge is 0.477 e. The number of rotatable bonds is 7. The van der Waals surface area contributed by atoms with Crippen LogP contribution in [0, 0.1) is 10.1 Å². The molecule has 0 fully saturated rings. The lowest BCUT2D eigenvalue weighted by molar-refractivity contribution is -0.385. The normalized spacial score (nSPS) is 12.6. The molecule has 31 heavy (non-hydrogen) atoms. The lowest BCUT2D eigenvalue weighted by Crippen LogP contribution is -2.21. The summed E-state index contributed by atoms with van der Waals surface area (Å²) in [4.78, 5) is 37.5. The summed E-state index contributed by atoms with van der Waals surface area (Å²) in [6, 6.07) is 14.9. The van der Waals surface area contributed by atoms with Crippen LogP contribution in [-0.4, -0.2) is 23.2 Å². The number of carbonyl (C=O) groups excluding carboxylic acids is 2. The van der Waals surface area contributed by atoms with Crippen molar-refractivity contribution in [2.24, 2.45) is 0 Å². The Hall–Kier alpha value is -3.52. The van der Waals surface area contributed by atoms with Gasteiger partial charge >= 0.3 is 5.69 Å². The summed E-state index contributed by atoms with van der Waals surface area (Å²) in [7, 11) is 0. The van der Waals surface area contributed by atoms with Crippen molar-refractivity contribution < 1.29 is 19.2 Å². The molecule has 1 amide bonds. The number of ketones is 1. The van der Waals surface area contributed by atoms with E-state index in [0.29, 0.717) is 16.1 Å². The van der Waals surface area contributed by atoms with Gasteiger partial charge in [0.05, 0.1) is 10.5 Å². The number of nitrogens with zero attached hydrogens (tertiary/aromatic N) is 1. The van der Waals surface area contributed by atoms with Gasteiger partial charge in [0.15, 0.2) is 18.1 Å². The zero-order chi connectivity index (χ0) is 21.8. The van der Waals surface area contributed by atoms with E-state index in [0.717, 1.165) is 36.1 Å². The van der Waals surface area contributed by atoms with E-state index in [1.54, 1.807) is 18.2 Å². The van der Waals surface area contributed by atoms with Crippen LogP contribution < -0.4 is 10.1 Å². The van der Waals surface area contributed by atoms with E-state index in [9.17, 15) is 19.7 Å². The molecule has 158 valence electrons. The number of hydrogen-bond acceptors (Lipinski definition) is 6. The monoisotopic (exact) mass is 436 g/mol. The maximum atomic E-state index is 13.2. The Bertz CT molecular complexity index is 1140. The molecule has 7 nitrogen and oxygen atoms in total. The number of para-hydroxylation sites is 2. The van der Waals surface area contributed by atoms with E-state index < -0.39 is 17.4 Å². The number of benzene rings is 2. The molecule has 4 rings (SSSR count). The van der Waals surface area contributed by atoms with E-state index in [2.05, 4.69) is 5.32 Å². The van der Waals surface area contributed by atoms with Crippen molar-refractivity contribution in [1.82, 2.24) is 0 Å². The minimum absolute atomic E-state index is 0.0220. The van der Waals surface area contributed by atoms with Gasteiger partial charge in [-0.2, -0.15) is 0 Å². The maximum absolute atomic E-state index is 13.2. The number of thiophene rings is 1. The number of carbonyl (C=O) groups is 2. The number of nitro groups is 1. The number of anilines is 1. The van der Waals surface area contributed by atoms with E-state index in [-0.39, 0.29) is 17.2 Å². The summed E-state index contributed by atoms with van der Waals surface area (Å²) < 4.78 is 5.39. The van der Waals surface area contributed by atoms with Gasteiger partial charge in [0.1, 0.15) is 5.00 Å². The Labute approximate surface area is 182 Å². The van der Waals surface area contributed by atoms with Crippen LogP contribution >= 0.6 is 11.3 Å². The number of hydrogen-bond donors (Lipinski definition) is 1. The number of amides is 1. The molecule has 8 heteroatoms. The van der Waals surface area contributed by atoms with Gasteiger partial charge in [-0.3, -0.25) is 19.7 Å². The molecule has 0 saturated carbocycles. The minimum Gasteiger partial charge on any atom is -0.477 e. The SMILES string of the molecule is O=C(COc1ccccc1[N+](=O)[O-])Nc1sc2c(c1C(=O)c1ccccc1)CCCC2. The molecule has 1 aliphatic rings. The third kappa shape index (κ3) is 4.49. The summed E-state index contributed by atoms with van der Waals surface area (Å²) in [5.74, 6) is -0.567. The molecule has 0 saturated heterocycles. The highest BCUT2D eigenvalue weighted by Gasteiger charge is 2.27. The lowest BCUT2D eigenvalue weighted by Gasteiger charge is -2.13. The van der Waals surface area contributed by atoms with Crippen LogP contribution in [0.1, 0.15) is 39.2 Å². The first-order valence-electron chi connectivity index (χ1n) is 9.95. The standard InChI is InChI=1S/C23H20N2O5S/c26-20(14-30-18-12-6-5-11-17(18)25(28)29)24-23-21(16-10-4-7-13-19(16)31-23)22(27)15-8-2-1-3-9-15/h1-3,5-6,8-9,11-12H,4,7,10,13-14H2,(H,24,26). The first-order chi connectivity index (χ1) is 15.0. The molecule has 2 aromatic carbocycles. The first-order valence-corrected chi connectivity index (χ1v) is 10.8. The Morgan fingerprint density at radius 2 is 1.74 bits per heavy atom. The summed E-state index contributed by atoms with van der Waals surface area (Å²) >= 11 is 1.43. The fourth-order valence-electron chi connectivity index (χ4n) is 3.66. The van der Waals surface area contributed by atoms with Crippen molar-refractivity contribution in [1.29, 1.82) is 0 Å². The molecular weight excluding hydrogens is 416 g/mol. The van der Waals surface area contributed by atoms with Crippen LogP contribution in [0.4, 0.5) is 10.7 Å². The second-order valence-corrected chi connectivity index (χ2v) is 8.28. The van der Waals surface area contributed by atoms with Crippen molar-refractivity contribution >= 4 is 33.7 Å². The topological polar surface area (TPSA) is 98.5 Å². The Morgan fingerprint density at radius 3 is 2.52 bits per heavy atom. The van der Waals surface area contributed by atoms with Gasteiger partial charge < -0.3 is 10.1 Å². The van der Waals surface area contributed by atoms with Crippen molar-refractivity contribution in [3.63, 3.8) is 0 Å². The average molecular weight is 436 g/mol. The number of aryl methyl sites for hydroxylation is 1. The zero-order valence-electron chi connectivity index (χ0n) is 16.6. The highest BCUT2D eigenvalue weighted by atomic mass is 32.1. The van der Waals surface area contributed by atoms with E-state index in [1.807, 2.05) is 18.2 Å². The summed E-state index contributed by atoms with van der Waals surface area (Å²) in [5.41, 5.74) is 1.92. The highest BCUT2D eigenvalue weighted by molar-refractivity contribution is 7.17. The van der Waals surface area contributed by atoms with Crippen molar-refractivity contribution in [2.45, 2.75) is 25.7 Å². The molecule has 0 bridgehead atoms. The lowest BCUT2D eigenvalue weighted by atomic mass is 9.92. The van der Waals surface area contributed by atoms with Crippen molar-refractivity contribution in [3.8, 4) is 5.75 Å². The molecule has 0 unspecified atom stereocenters. The highest BCUT2D eigenvalue weighted by Crippen LogP contribution is 2.39. The fraction of sp³-hybridized carbons (Fsp3) is 0.217. The van der Waals surface area contributed by atoms with Gasteiger partial charge in [0.25, 0.3) is 5.91 Å². The molecule has 0 spiro atoms. The molecule has 3 aromatic rings. The Kier molecular flexibility index (Phi) is 6.08. The Balaban J connectivity index is 1.56. The molecule has 0 radical (unpaired) electrons. The fourth-order valence-corrected chi connectivity index (χ4v) is 4.97. The summed E-state index contributed by atoms with van der Waals surface area (Å²) in [6.07, 6.45) is 3.76. The van der Waals surface area contributed by atoms with Gasteiger partial charge in [-0.15, -0.1) is 11.3 Å². The third-order valence-electron chi connectivity index (χ3n) is 5.11. The molecule has 0 aliphatic heterocycles. The van der Waals surface area contributed by atoms with Gasteiger partial charge in [-0.25, -0.2) is 0 Å². The van der Waals surface area contributed by atoms with Crippen LogP contribution in [0.5, 0.6) is 5.75 Å². The molecular formula is C23H20N2O5S. The molecule has 1 aliphatic carbocycles. The van der Waals surface area contributed by atoms with E-state index >= 15 is 0 Å². The quantitative estimate of drug-likeness (QED) is 0.326. The smallest absolute Gasteiger partial charge is 0.310 e. The number of nitrogens with one attached hydrogen (secondary N) is 1. The molecule has 1 heterocycles.